The van der Waals surface area contributed by atoms with Crippen molar-refractivity contribution in [3.63, 3.8) is 0 Å². The number of aryl methyl sites for hydroxylation is 1. The number of primary sulfonamides is 1. The summed E-state index contributed by atoms with van der Waals surface area (Å²) in [5, 5.41) is 11.2. The molecule has 3 rings (SSSR count). The summed E-state index contributed by atoms with van der Waals surface area (Å²) < 4.78 is 24.8. The largest absolute Gasteiger partial charge is 0.337 e. The van der Waals surface area contributed by atoms with Crippen LogP contribution in [0.3, 0.4) is 0 Å². The zero-order valence-corrected chi connectivity index (χ0v) is 15.2. The number of nitrogens with two attached hydrogens (primary N) is 1. The highest BCUT2D eigenvalue weighted by molar-refractivity contribution is 7.89. The molecule has 140 valence electrons. The van der Waals surface area contributed by atoms with E-state index in [9.17, 15) is 13.2 Å². The average Bonchev–Trinajstić information content (AvgIpc) is 3.00. The predicted molar refractivity (Wildman–Crippen MR) is 96.8 cm³/mol. The molecule has 1 aliphatic rings. The first-order valence-corrected chi connectivity index (χ1v) is 9.74. The molecule has 2 aromatic rings. The summed E-state index contributed by atoms with van der Waals surface area (Å²) in [6.45, 7) is 2.38. The zero-order valence-electron chi connectivity index (χ0n) is 14.4. The van der Waals surface area contributed by atoms with Crippen LogP contribution in [0.15, 0.2) is 41.6 Å². The molecule has 1 aromatic carbocycles. The fourth-order valence-corrected chi connectivity index (χ4v) is 3.58. The number of carbonyl (C=O) groups excluding carboxylic acids is 1. The Morgan fingerprint density at radius 3 is 2.96 bits per heavy atom. The third kappa shape index (κ3) is 4.28. The van der Waals surface area contributed by atoms with Crippen LogP contribution in [-0.2, 0) is 21.9 Å². The number of imidazole rings is 1. The monoisotopic (exact) mass is 378 g/mol. The van der Waals surface area contributed by atoms with Gasteiger partial charge in [0.1, 0.15) is 5.82 Å². The van der Waals surface area contributed by atoms with Crippen LogP contribution in [0.4, 0.5) is 5.69 Å². The third-order valence-electron chi connectivity index (χ3n) is 4.30. The molecule has 0 spiro atoms. The van der Waals surface area contributed by atoms with Crippen LogP contribution in [0, 0.1) is 0 Å². The molecular formula is C16H22N6O3S. The molecule has 0 radical (unpaired) electrons. The van der Waals surface area contributed by atoms with Crippen molar-refractivity contribution in [3.8, 4) is 0 Å². The molecule has 0 saturated carbocycles. The van der Waals surface area contributed by atoms with E-state index in [0.717, 1.165) is 12.4 Å². The van der Waals surface area contributed by atoms with Gasteiger partial charge in [-0.3, -0.25) is 9.69 Å². The number of anilines is 1. The van der Waals surface area contributed by atoms with Crippen molar-refractivity contribution in [1.29, 1.82) is 0 Å². The lowest BCUT2D eigenvalue weighted by Gasteiger charge is -2.35. The van der Waals surface area contributed by atoms with Crippen molar-refractivity contribution in [1.82, 2.24) is 19.8 Å². The molecule has 0 aliphatic carbocycles. The van der Waals surface area contributed by atoms with E-state index in [2.05, 4.69) is 20.5 Å². The summed E-state index contributed by atoms with van der Waals surface area (Å²) in [5.74, 6) is 0.666. The minimum atomic E-state index is -3.81. The first kappa shape index (κ1) is 18.5. The van der Waals surface area contributed by atoms with Gasteiger partial charge in [-0.2, -0.15) is 0 Å². The van der Waals surface area contributed by atoms with Gasteiger partial charge in [0.15, 0.2) is 0 Å². The molecular weight excluding hydrogens is 356 g/mol. The summed E-state index contributed by atoms with van der Waals surface area (Å²) in [5.41, 5.74) is 0.394. The Hall–Kier alpha value is -2.27. The number of nitrogens with zero attached hydrogens (tertiary/aromatic N) is 3. The van der Waals surface area contributed by atoms with E-state index in [-0.39, 0.29) is 23.4 Å². The van der Waals surface area contributed by atoms with E-state index in [1.165, 1.54) is 18.2 Å². The molecule has 9 nitrogen and oxygen atoms in total. The third-order valence-corrected chi connectivity index (χ3v) is 5.21. The standard InChI is InChI=1S/C16H22N6O3S/c1-21-7-6-19-16(21)14-10-18-5-8-22(14)11-15(23)20-12-3-2-4-13(9-12)26(17,24)25/h2-4,6-7,9,14,18H,5,8,10-11H2,1H3,(H,20,23)(H2,17,24,25). The summed E-state index contributed by atoms with van der Waals surface area (Å²) in [6.07, 6.45) is 3.61. The van der Waals surface area contributed by atoms with Gasteiger partial charge in [0, 0.05) is 44.8 Å². The van der Waals surface area contributed by atoms with Crippen LogP contribution in [-0.4, -0.2) is 55.0 Å². The number of benzene rings is 1. The maximum absolute atomic E-state index is 12.5. The van der Waals surface area contributed by atoms with Crippen molar-refractivity contribution < 1.29 is 13.2 Å². The number of nitrogens with one attached hydrogen (secondary N) is 2. The lowest BCUT2D eigenvalue weighted by Crippen LogP contribution is -2.49. The molecule has 0 bridgehead atoms. The van der Waals surface area contributed by atoms with Gasteiger partial charge >= 0.3 is 0 Å². The number of hydrogen-bond donors (Lipinski definition) is 3. The quantitative estimate of drug-likeness (QED) is 0.654. The van der Waals surface area contributed by atoms with Crippen LogP contribution in [0.5, 0.6) is 0 Å². The van der Waals surface area contributed by atoms with E-state index in [0.29, 0.717) is 18.8 Å². The van der Waals surface area contributed by atoms with Gasteiger partial charge in [0.2, 0.25) is 15.9 Å². The second-order valence-corrected chi connectivity index (χ2v) is 7.77. The molecule has 4 N–H and O–H groups in total. The van der Waals surface area contributed by atoms with E-state index < -0.39 is 10.0 Å². The Kier molecular flexibility index (Phi) is 5.37. The van der Waals surface area contributed by atoms with Gasteiger partial charge in [-0.05, 0) is 18.2 Å². The molecule has 1 aromatic heterocycles. The summed E-state index contributed by atoms with van der Waals surface area (Å²) in [6, 6.07) is 5.89. The second-order valence-electron chi connectivity index (χ2n) is 6.21. The van der Waals surface area contributed by atoms with Gasteiger partial charge in [0.05, 0.1) is 17.5 Å². The van der Waals surface area contributed by atoms with Gasteiger partial charge in [-0.1, -0.05) is 6.07 Å². The smallest absolute Gasteiger partial charge is 0.238 e. The van der Waals surface area contributed by atoms with Crippen molar-refractivity contribution in [3.05, 3.63) is 42.5 Å². The SMILES string of the molecule is Cn1ccnc1C1CNCCN1CC(=O)Nc1cccc(S(N)(=O)=O)c1. The predicted octanol–water partition coefficient (Wildman–Crippen LogP) is -0.347. The fourth-order valence-electron chi connectivity index (χ4n) is 3.02. The highest BCUT2D eigenvalue weighted by atomic mass is 32.2. The van der Waals surface area contributed by atoms with Crippen molar-refractivity contribution >= 4 is 21.6 Å². The highest BCUT2D eigenvalue weighted by Gasteiger charge is 2.28. The Balaban J connectivity index is 1.70. The number of aromatic nitrogens is 2. The lowest BCUT2D eigenvalue weighted by atomic mass is 10.1. The Morgan fingerprint density at radius 1 is 1.46 bits per heavy atom. The Morgan fingerprint density at radius 2 is 2.27 bits per heavy atom. The fraction of sp³-hybridized carbons (Fsp3) is 0.375. The highest BCUT2D eigenvalue weighted by Crippen LogP contribution is 2.20. The Bertz CT molecular complexity index is 895. The van der Waals surface area contributed by atoms with Crippen LogP contribution < -0.4 is 15.8 Å². The molecule has 1 fully saturated rings. The zero-order chi connectivity index (χ0) is 18.7. The first-order chi connectivity index (χ1) is 12.3. The van der Waals surface area contributed by atoms with Crippen LogP contribution in [0.25, 0.3) is 0 Å². The number of sulfonamides is 1. The molecule has 1 amide bonds. The number of carbonyl (C=O) groups is 1. The summed E-state index contributed by atoms with van der Waals surface area (Å²) in [7, 11) is -1.89. The van der Waals surface area contributed by atoms with Gasteiger partial charge in [-0.15, -0.1) is 0 Å². The van der Waals surface area contributed by atoms with Gasteiger partial charge in [-0.25, -0.2) is 18.5 Å². The topological polar surface area (TPSA) is 122 Å². The number of amides is 1. The summed E-state index contributed by atoms with van der Waals surface area (Å²) >= 11 is 0. The van der Waals surface area contributed by atoms with Crippen LogP contribution >= 0.6 is 0 Å². The minimum absolute atomic E-state index is 0.00902. The van der Waals surface area contributed by atoms with E-state index >= 15 is 0 Å². The number of rotatable bonds is 5. The lowest BCUT2D eigenvalue weighted by molar-refractivity contribution is -0.118. The van der Waals surface area contributed by atoms with Crippen molar-refractivity contribution in [2.24, 2.45) is 12.2 Å². The molecule has 1 atom stereocenters. The van der Waals surface area contributed by atoms with Crippen molar-refractivity contribution in [2.75, 3.05) is 31.5 Å². The van der Waals surface area contributed by atoms with Crippen LogP contribution in [0.2, 0.25) is 0 Å². The molecule has 1 unspecified atom stereocenters. The maximum Gasteiger partial charge on any atom is 0.238 e. The number of hydrogen-bond acceptors (Lipinski definition) is 6. The molecule has 26 heavy (non-hydrogen) atoms. The van der Waals surface area contributed by atoms with Gasteiger partial charge in [0.25, 0.3) is 0 Å². The average molecular weight is 378 g/mol. The summed E-state index contributed by atoms with van der Waals surface area (Å²) in [4.78, 5) is 18.9. The molecule has 10 heteroatoms. The normalized spacial score (nSPS) is 18.6. The molecule has 1 saturated heterocycles. The second kappa shape index (κ2) is 7.54. The first-order valence-electron chi connectivity index (χ1n) is 8.19. The number of piperazine rings is 1. The van der Waals surface area contributed by atoms with Gasteiger partial charge < -0.3 is 15.2 Å². The maximum atomic E-state index is 12.5. The Labute approximate surface area is 152 Å². The van der Waals surface area contributed by atoms with Crippen LogP contribution in [0.1, 0.15) is 11.9 Å². The van der Waals surface area contributed by atoms with E-state index in [4.69, 9.17) is 5.14 Å². The molecule has 1 aliphatic heterocycles. The minimum Gasteiger partial charge on any atom is -0.337 e. The van der Waals surface area contributed by atoms with Crippen molar-refractivity contribution in [2.45, 2.75) is 10.9 Å². The molecule has 2 heterocycles. The van der Waals surface area contributed by atoms with E-state index in [1.807, 2.05) is 17.8 Å². The van der Waals surface area contributed by atoms with E-state index in [1.54, 1.807) is 12.3 Å².